The van der Waals surface area contributed by atoms with Crippen LogP contribution in [0.2, 0.25) is 0 Å². The molecule has 0 aliphatic heterocycles. The Labute approximate surface area is 132 Å². The molecule has 108 valence electrons. The van der Waals surface area contributed by atoms with Crippen LogP contribution in [-0.2, 0) is 6.54 Å². The number of hydrogen-bond acceptors (Lipinski definition) is 5. The van der Waals surface area contributed by atoms with Gasteiger partial charge in [-0.3, -0.25) is 24.3 Å². The fraction of sp³-hybridized carbons (Fsp3) is 0.154. The summed E-state index contributed by atoms with van der Waals surface area (Å²) in [7, 11) is 0. The maximum atomic E-state index is 12.1. The minimum atomic E-state index is -0.537. The quantitative estimate of drug-likeness (QED) is 0.339. The van der Waals surface area contributed by atoms with Gasteiger partial charge in [-0.2, -0.15) is 0 Å². The number of carbonyl (C=O) groups is 1. The first-order valence-corrected chi connectivity index (χ1v) is 6.97. The number of halogens is 1. The van der Waals surface area contributed by atoms with E-state index in [-0.39, 0.29) is 23.6 Å². The maximum Gasteiger partial charge on any atom is 0.269 e. The smallest absolute Gasteiger partial charge is 0.269 e. The zero-order valence-electron chi connectivity index (χ0n) is 10.9. The molecule has 1 aromatic heterocycles. The molecule has 0 radical (unpaired) electrons. The SMILES string of the molecule is Cc1ncn(CC(=O)c2ccc([N+](=O)[O-])cc2)c(=O)c1I. The molecule has 2 rings (SSSR count). The molecule has 0 bridgehead atoms. The molecular formula is C13H10IN3O4. The Morgan fingerprint density at radius 2 is 2.00 bits per heavy atom. The molecule has 0 saturated carbocycles. The second-order valence-corrected chi connectivity index (χ2v) is 5.38. The van der Waals surface area contributed by atoms with Gasteiger partial charge in [-0.1, -0.05) is 0 Å². The largest absolute Gasteiger partial charge is 0.292 e. The van der Waals surface area contributed by atoms with Crippen LogP contribution in [0.3, 0.4) is 0 Å². The monoisotopic (exact) mass is 399 g/mol. The summed E-state index contributed by atoms with van der Waals surface area (Å²) in [5.41, 5.74) is 0.552. The lowest BCUT2D eigenvalue weighted by Gasteiger charge is -2.06. The lowest BCUT2D eigenvalue weighted by Crippen LogP contribution is -2.27. The molecule has 0 atom stereocenters. The van der Waals surface area contributed by atoms with E-state index >= 15 is 0 Å². The van der Waals surface area contributed by atoms with Gasteiger partial charge in [-0.05, 0) is 41.6 Å². The normalized spacial score (nSPS) is 10.4. The van der Waals surface area contributed by atoms with E-state index in [0.717, 1.165) is 0 Å². The van der Waals surface area contributed by atoms with Gasteiger partial charge in [0.15, 0.2) is 5.78 Å². The maximum absolute atomic E-state index is 12.1. The van der Waals surface area contributed by atoms with Crippen LogP contribution in [-0.4, -0.2) is 20.3 Å². The lowest BCUT2D eigenvalue weighted by atomic mass is 10.1. The fourth-order valence-electron chi connectivity index (χ4n) is 1.67. The van der Waals surface area contributed by atoms with Gasteiger partial charge in [0.2, 0.25) is 0 Å². The van der Waals surface area contributed by atoms with Crippen molar-refractivity contribution in [1.29, 1.82) is 0 Å². The molecule has 0 saturated heterocycles. The Balaban J connectivity index is 2.24. The summed E-state index contributed by atoms with van der Waals surface area (Å²) in [6.07, 6.45) is 1.32. The first-order chi connectivity index (χ1) is 9.90. The van der Waals surface area contributed by atoms with Crippen molar-refractivity contribution in [3.63, 3.8) is 0 Å². The van der Waals surface area contributed by atoms with E-state index in [1.54, 1.807) is 6.92 Å². The van der Waals surface area contributed by atoms with Crippen LogP contribution in [0.15, 0.2) is 35.4 Å². The van der Waals surface area contributed by atoms with Crippen LogP contribution in [0.1, 0.15) is 16.1 Å². The molecule has 2 aromatic rings. The van der Waals surface area contributed by atoms with Gasteiger partial charge in [0.1, 0.15) is 0 Å². The molecule has 0 unspecified atom stereocenters. The molecule has 0 aliphatic carbocycles. The van der Waals surface area contributed by atoms with E-state index in [1.165, 1.54) is 35.2 Å². The Kier molecular flexibility index (Phi) is 4.46. The minimum Gasteiger partial charge on any atom is -0.292 e. The summed E-state index contributed by atoms with van der Waals surface area (Å²) >= 11 is 1.89. The summed E-state index contributed by atoms with van der Waals surface area (Å²) in [4.78, 5) is 38.1. The number of nitrogens with zero attached hydrogens (tertiary/aromatic N) is 3. The fourth-order valence-corrected chi connectivity index (χ4v) is 2.12. The third-order valence-electron chi connectivity index (χ3n) is 2.87. The van der Waals surface area contributed by atoms with E-state index in [1.807, 2.05) is 22.6 Å². The van der Waals surface area contributed by atoms with Gasteiger partial charge < -0.3 is 0 Å². The molecule has 7 nitrogen and oxygen atoms in total. The molecule has 21 heavy (non-hydrogen) atoms. The summed E-state index contributed by atoms with van der Waals surface area (Å²) in [6, 6.07) is 5.26. The van der Waals surface area contributed by atoms with Crippen molar-refractivity contribution < 1.29 is 9.72 Å². The predicted octanol–water partition coefficient (Wildman–Crippen LogP) is 1.95. The number of Topliss-reactive ketones (excluding diaryl/α,β-unsaturated/α-hetero) is 1. The number of rotatable bonds is 4. The number of benzene rings is 1. The molecular weight excluding hydrogens is 389 g/mol. The summed E-state index contributed by atoms with van der Waals surface area (Å²) in [5.74, 6) is -0.312. The van der Waals surface area contributed by atoms with Crippen LogP contribution in [0.25, 0.3) is 0 Å². The molecule has 0 N–H and O–H groups in total. The summed E-state index contributed by atoms with van der Waals surface area (Å²) in [6.45, 7) is 1.56. The van der Waals surface area contributed by atoms with Crippen molar-refractivity contribution in [1.82, 2.24) is 9.55 Å². The highest BCUT2D eigenvalue weighted by Crippen LogP contribution is 2.12. The first kappa shape index (κ1) is 15.3. The van der Waals surface area contributed by atoms with Crippen molar-refractivity contribution in [2.45, 2.75) is 13.5 Å². The zero-order chi connectivity index (χ0) is 15.6. The number of nitro groups is 1. The molecule has 0 aliphatic rings. The number of hydrogen-bond donors (Lipinski definition) is 0. The average molecular weight is 399 g/mol. The van der Waals surface area contributed by atoms with Crippen LogP contribution >= 0.6 is 22.6 Å². The second-order valence-electron chi connectivity index (χ2n) is 4.30. The Hall–Kier alpha value is -2.10. The third kappa shape index (κ3) is 3.32. The van der Waals surface area contributed by atoms with Gasteiger partial charge in [0.25, 0.3) is 11.2 Å². The molecule has 1 aromatic carbocycles. The zero-order valence-corrected chi connectivity index (χ0v) is 13.1. The van der Waals surface area contributed by atoms with Crippen LogP contribution < -0.4 is 5.56 Å². The van der Waals surface area contributed by atoms with Crippen LogP contribution in [0.5, 0.6) is 0 Å². The average Bonchev–Trinajstić information content (AvgIpc) is 2.48. The van der Waals surface area contributed by atoms with Gasteiger partial charge in [-0.25, -0.2) is 4.98 Å². The first-order valence-electron chi connectivity index (χ1n) is 5.89. The van der Waals surface area contributed by atoms with Crippen molar-refractivity contribution >= 4 is 34.1 Å². The lowest BCUT2D eigenvalue weighted by molar-refractivity contribution is -0.384. The Morgan fingerprint density at radius 1 is 1.38 bits per heavy atom. The van der Waals surface area contributed by atoms with E-state index in [4.69, 9.17) is 0 Å². The topological polar surface area (TPSA) is 95.1 Å². The van der Waals surface area contributed by atoms with Gasteiger partial charge in [0, 0.05) is 17.7 Å². The van der Waals surface area contributed by atoms with E-state index < -0.39 is 4.92 Å². The van der Waals surface area contributed by atoms with Crippen LogP contribution in [0.4, 0.5) is 5.69 Å². The number of aromatic nitrogens is 2. The third-order valence-corrected chi connectivity index (χ3v) is 4.11. The Bertz CT molecular complexity index is 768. The van der Waals surface area contributed by atoms with Crippen molar-refractivity contribution in [3.05, 3.63) is 65.9 Å². The second kappa shape index (κ2) is 6.12. The highest BCUT2D eigenvalue weighted by atomic mass is 127. The van der Waals surface area contributed by atoms with E-state index in [0.29, 0.717) is 14.8 Å². The summed E-state index contributed by atoms with van der Waals surface area (Å²) in [5, 5.41) is 10.6. The van der Waals surface area contributed by atoms with Crippen molar-refractivity contribution in [2.24, 2.45) is 0 Å². The molecule has 0 spiro atoms. The number of non-ortho nitro benzene ring substituents is 1. The van der Waals surface area contributed by atoms with E-state index in [2.05, 4.69) is 4.98 Å². The number of nitro benzene ring substituents is 1. The van der Waals surface area contributed by atoms with Gasteiger partial charge >= 0.3 is 0 Å². The highest BCUT2D eigenvalue weighted by Gasteiger charge is 2.12. The van der Waals surface area contributed by atoms with Crippen molar-refractivity contribution in [2.75, 3.05) is 0 Å². The molecule has 1 heterocycles. The van der Waals surface area contributed by atoms with Crippen molar-refractivity contribution in [3.8, 4) is 0 Å². The molecule has 0 amide bonds. The van der Waals surface area contributed by atoms with Crippen LogP contribution in [0, 0.1) is 20.6 Å². The molecule has 0 fully saturated rings. The Morgan fingerprint density at radius 3 is 2.57 bits per heavy atom. The number of aryl methyl sites for hydroxylation is 1. The summed E-state index contributed by atoms with van der Waals surface area (Å²) < 4.78 is 1.69. The number of ketones is 1. The van der Waals surface area contributed by atoms with Gasteiger partial charge in [0.05, 0.1) is 27.1 Å². The standard InChI is InChI=1S/C13H10IN3O4/c1-8-12(14)13(19)16(7-15-8)6-11(18)9-2-4-10(5-3-9)17(20)21/h2-5,7H,6H2,1H3. The molecule has 8 heteroatoms. The minimum absolute atomic E-state index is 0.0877. The highest BCUT2D eigenvalue weighted by molar-refractivity contribution is 14.1. The van der Waals surface area contributed by atoms with E-state index in [9.17, 15) is 19.7 Å². The number of carbonyl (C=O) groups excluding carboxylic acids is 1. The van der Waals surface area contributed by atoms with Gasteiger partial charge in [-0.15, -0.1) is 0 Å². The predicted molar refractivity (Wildman–Crippen MR) is 83.4 cm³/mol.